The maximum absolute atomic E-state index is 11.3. The maximum atomic E-state index is 11.3. The lowest BCUT2D eigenvalue weighted by molar-refractivity contribution is 0.0696. The van der Waals surface area contributed by atoms with Gasteiger partial charge in [0.25, 0.3) is 0 Å². The number of carbonyl (C=O) groups excluding carboxylic acids is 1. The molecule has 2 aromatic rings. The van der Waals surface area contributed by atoms with Crippen LogP contribution in [0.3, 0.4) is 0 Å². The van der Waals surface area contributed by atoms with E-state index in [2.05, 4.69) is 9.73 Å². The second-order valence-corrected chi connectivity index (χ2v) is 4.18. The first kappa shape index (κ1) is 15.2. The van der Waals surface area contributed by atoms with E-state index >= 15 is 0 Å². The topological polar surface area (TPSA) is 85.2 Å². The normalized spacial score (nSPS) is 10.4. The first-order valence-corrected chi connectivity index (χ1v) is 6.33. The number of methoxy groups -OCH3 is 1. The van der Waals surface area contributed by atoms with Crippen LogP contribution in [-0.2, 0) is 4.74 Å². The number of carboxylic acid groups (broad SMARTS) is 1. The molecule has 0 unspecified atom stereocenters. The number of benzene rings is 2. The monoisotopic (exact) mass is 299 g/mol. The van der Waals surface area contributed by atoms with Crippen molar-refractivity contribution in [2.24, 2.45) is 4.99 Å². The summed E-state index contributed by atoms with van der Waals surface area (Å²) in [5.41, 5.74) is 0.754. The molecule has 0 aliphatic heterocycles. The van der Waals surface area contributed by atoms with Gasteiger partial charge in [0, 0.05) is 6.21 Å². The Bertz CT molecular complexity index is 710. The van der Waals surface area contributed by atoms with Crippen molar-refractivity contribution in [1.82, 2.24) is 0 Å². The van der Waals surface area contributed by atoms with Crippen molar-refractivity contribution in [3.8, 4) is 5.75 Å². The smallest absolute Gasteiger partial charge is 0.478 e. The van der Waals surface area contributed by atoms with Crippen LogP contribution in [0.4, 0.5) is 10.5 Å². The molecule has 0 aliphatic carbocycles. The van der Waals surface area contributed by atoms with Crippen LogP contribution in [0.2, 0.25) is 0 Å². The van der Waals surface area contributed by atoms with Gasteiger partial charge in [-0.3, -0.25) is 4.99 Å². The lowest BCUT2D eigenvalue weighted by Crippen LogP contribution is -2.08. The van der Waals surface area contributed by atoms with Gasteiger partial charge >= 0.3 is 12.1 Å². The molecule has 2 aromatic carbocycles. The summed E-state index contributed by atoms with van der Waals surface area (Å²) in [7, 11) is 1.16. The summed E-state index contributed by atoms with van der Waals surface area (Å²) in [5, 5.41) is 9.23. The minimum Gasteiger partial charge on any atom is -0.478 e. The molecule has 112 valence electrons. The molecule has 6 nitrogen and oxygen atoms in total. The van der Waals surface area contributed by atoms with E-state index in [-0.39, 0.29) is 17.0 Å². The Kier molecular flexibility index (Phi) is 4.87. The van der Waals surface area contributed by atoms with Gasteiger partial charge in [-0.2, -0.15) is 0 Å². The second kappa shape index (κ2) is 7.03. The number of para-hydroxylation sites is 1. The molecule has 0 bridgehead atoms. The molecule has 0 radical (unpaired) electrons. The van der Waals surface area contributed by atoms with Crippen molar-refractivity contribution < 1.29 is 24.2 Å². The third kappa shape index (κ3) is 3.69. The zero-order valence-corrected chi connectivity index (χ0v) is 11.7. The average Bonchev–Trinajstić information content (AvgIpc) is 2.54. The summed E-state index contributed by atoms with van der Waals surface area (Å²) in [6.07, 6.45) is 0.546. The van der Waals surface area contributed by atoms with Gasteiger partial charge in [0.05, 0.1) is 12.7 Å². The van der Waals surface area contributed by atoms with Crippen molar-refractivity contribution in [1.29, 1.82) is 0 Å². The first-order valence-electron chi connectivity index (χ1n) is 6.33. The molecule has 0 saturated carbocycles. The van der Waals surface area contributed by atoms with Gasteiger partial charge < -0.3 is 14.6 Å². The molecule has 0 spiro atoms. The molecule has 0 aliphatic rings. The van der Waals surface area contributed by atoms with E-state index in [1.54, 1.807) is 0 Å². The lowest BCUT2D eigenvalue weighted by Gasteiger charge is -2.08. The quantitative estimate of drug-likeness (QED) is 0.532. The average molecular weight is 299 g/mol. The highest BCUT2D eigenvalue weighted by molar-refractivity contribution is 5.97. The fraction of sp³-hybridized carbons (Fsp3) is 0.0625. The number of aliphatic imine (C=N–C) groups is 1. The van der Waals surface area contributed by atoms with Crippen LogP contribution in [0, 0.1) is 0 Å². The summed E-state index contributed by atoms with van der Waals surface area (Å²) in [5.74, 6) is -1.16. The summed E-state index contributed by atoms with van der Waals surface area (Å²) in [6, 6.07) is 13.4. The van der Waals surface area contributed by atoms with E-state index < -0.39 is 12.1 Å². The molecular formula is C16H13NO5. The summed E-state index contributed by atoms with van der Waals surface area (Å²) >= 11 is 0. The van der Waals surface area contributed by atoms with E-state index in [1.807, 2.05) is 30.3 Å². The Morgan fingerprint density at radius 2 is 1.82 bits per heavy atom. The lowest BCUT2D eigenvalue weighted by atomic mass is 10.1. The summed E-state index contributed by atoms with van der Waals surface area (Å²) in [6.45, 7) is 0. The van der Waals surface area contributed by atoms with Crippen LogP contribution in [-0.4, -0.2) is 30.6 Å². The Morgan fingerprint density at radius 3 is 2.45 bits per heavy atom. The minimum absolute atomic E-state index is 0.0129. The second-order valence-electron chi connectivity index (χ2n) is 4.18. The Hall–Kier alpha value is -3.15. The van der Waals surface area contributed by atoms with Crippen LogP contribution in [0.25, 0.3) is 0 Å². The molecule has 0 heterocycles. The molecule has 0 saturated heterocycles. The van der Waals surface area contributed by atoms with E-state index in [0.29, 0.717) is 0 Å². The maximum Gasteiger partial charge on any atom is 0.513 e. The van der Waals surface area contributed by atoms with Crippen molar-refractivity contribution in [2.75, 3.05) is 7.11 Å². The zero-order valence-electron chi connectivity index (χ0n) is 11.7. The molecule has 6 heteroatoms. The van der Waals surface area contributed by atoms with Gasteiger partial charge in [-0.15, -0.1) is 0 Å². The van der Waals surface area contributed by atoms with E-state index in [9.17, 15) is 14.7 Å². The first-order chi connectivity index (χ1) is 10.6. The van der Waals surface area contributed by atoms with E-state index in [0.717, 1.165) is 12.7 Å². The van der Waals surface area contributed by atoms with Gasteiger partial charge in [-0.1, -0.05) is 36.4 Å². The van der Waals surface area contributed by atoms with Crippen LogP contribution in [0.15, 0.2) is 53.5 Å². The standard InChI is InChI=1S/C16H13NO5/c1-21-16(20)22-13-9-5-8-12(15(18)19)14(13)17-10-11-6-3-2-4-7-11/h2-10H,1H3,(H,18,19). The summed E-state index contributed by atoms with van der Waals surface area (Å²) < 4.78 is 9.35. The third-order valence-electron chi connectivity index (χ3n) is 2.73. The van der Waals surface area contributed by atoms with Crippen LogP contribution in [0.5, 0.6) is 5.75 Å². The number of ether oxygens (including phenoxy) is 2. The third-order valence-corrected chi connectivity index (χ3v) is 2.73. The molecule has 1 N–H and O–H groups in total. The van der Waals surface area contributed by atoms with E-state index in [4.69, 9.17) is 4.74 Å². The molecule has 0 fully saturated rings. The number of nitrogens with zero attached hydrogens (tertiary/aromatic N) is 1. The number of hydrogen-bond donors (Lipinski definition) is 1. The minimum atomic E-state index is -1.17. The van der Waals surface area contributed by atoms with Gasteiger partial charge in [-0.05, 0) is 17.7 Å². The van der Waals surface area contributed by atoms with Crippen molar-refractivity contribution in [2.45, 2.75) is 0 Å². The predicted octanol–water partition coefficient (Wildman–Crippen LogP) is 3.28. The Labute approximate surface area is 126 Å². The van der Waals surface area contributed by atoms with Crippen LogP contribution in [0.1, 0.15) is 15.9 Å². The molecule has 22 heavy (non-hydrogen) atoms. The fourth-order valence-electron chi connectivity index (χ4n) is 1.72. The van der Waals surface area contributed by atoms with Crippen LogP contribution >= 0.6 is 0 Å². The number of aromatic carboxylic acids is 1. The molecule has 0 atom stereocenters. The SMILES string of the molecule is COC(=O)Oc1cccc(C(=O)O)c1N=Cc1ccccc1. The molecule has 0 amide bonds. The summed E-state index contributed by atoms with van der Waals surface area (Å²) in [4.78, 5) is 26.7. The number of hydrogen-bond acceptors (Lipinski definition) is 5. The fourth-order valence-corrected chi connectivity index (χ4v) is 1.72. The molecular weight excluding hydrogens is 286 g/mol. The highest BCUT2D eigenvalue weighted by Crippen LogP contribution is 2.32. The van der Waals surface area contributed by atoms with Crippen LogP contribution < -0.4 is 4.74 Å². The number of carboxylic acids is 1. The Balaban J connectivity index is 2.43. The molecule has 2 rings (SSSR count). The highest BCUT2D eigenvalue weighted by atomic mass is 16.7. The number of carbonyl (C=O) groups is 2. The van der Waals surface area contributed by atoms with Gasteiger partial charge in [0.15, 0.2) is 5.75 Å². The highest BCUT2D eigenvalue weighted by Gasteiger charge is 2.16. The molecule has 0 aromatic heterocycles. The van der Waals surface area contributed by atoms with Gasteiger partial charge in [0.2, 0.25) is 0 Å². The van der Waals surface area contributed by atoms with E-state index in [1.165, 1.54) is 24.4 Å². The largest absolute Gasteiger partial charge is 0.513 e. The van der Waals surface area contributed by atoms with Crippen molar-refractivity contribution >= 4 is 24.0 Å². The van der Waals surface area contributed by atoms with Gasteiger partial charge in [-0.25, -0.2) is 9.59 Å². The van der Waals surface area contributed by atoms with Crippen molar-refractivity contribution in [3.05, 3.63) is 59.7 Å². The zero-order chi connectivity index (χ0) is 15.9. The van der Waals surface area contributed by atoms with Gasteiger partial charge in [0.1, 0.15) is 5.69 Å². The predicted molar refractivity (Wildman–Crippen MR) is 80.1 cm³/mol. The number of rotatable bonds is 4. The Morgan fingerprint density at radius 1 is 1.09 bits per heavy atom. The van der Waals surface area contributed by atoms with Crippen molar-refractivity contribution in [3.63, 3.8) is 0 Å².